The summed E-state index contributed by atoms with van der Waals surface area (Å²) >= 11 is 12.4. The third-order valence-electron chi connectivity index (χ3n) is 3.98. The first kappa shape index (κ1) is 19.6. The highest BCUT2D eigenvalue weighted by Gasteiger charge is 2.46. The van der Waals surface area contributed by atoms with Crippen molar-refractivity contribution in [3.8, 4) is 0 Å². The summed E-state index contributed by atoms with van der Waals surface area (Å²) in [5.74, 6) is -0.493. The highest BCUT2D eigenvalue weighted by Crippen LogP contribution is 2.41. The predicted octanol–water partition coefficient (Wildman–Crippen LogP) is 2.51. The van der Waals surface area contributed by atoms with Crippen LogP contribution >= 0.6 is 23.2 Å². The van der Waals surface area contributed by atoms with Gasteiger partial charge >= 0.3 is 0 Å². The van der Waals surface area contributed by atoms with Gasteiger partial charge in [-0.05, 0) is 12.1 Å². The van der Waals surface area contributed by atoms with Crippen molar-refractivity contribution >= 4 is 33.3 Å². The molecule has 0 N–H and O–H groups in total. The zero-order chi connectivity index (χ0) is 18.9. The number of benzene rings is 1. The number of hydrogen-bond donors (Lipinski definition) is 0. The molecule has 3 rings (SSSR count). The van der Waals surface area contributed by atoms with Crippen LogP contribution in [0, 0.1) is 0 Å². The summed E-state index contributed by atoms with van der Waals surface area (Å²) in [4.78, 5) is 4.31. The molecule has 2 aromatic rings. The van der Waals surface area contributed by atoms with Gasteiger partial charge in [-0.25, -0.2) is 4.98 Å². The summed E-state index contributed by atoms with van der Waals surface area (Å²) in [5, 5.41) is 0.872. The van der Waals surface area contributed by atoms with Crippen molar-refractivity contribution in [3.05, 3.63) is 52.0 Å². The highest BCUT2D eigenvalue weighted by atomic mass is 35.5. The van der Waals surface area contributed by atoms with E-state index in [1.807, 2.05) is 17.8 Å². The molecule has 0 amide bonds. The van der Waals surface area contributed by atoms with Gasteiger partial charge in [0.1, 0.15) is 11.9 Å². The molecule has 1 aromatic heterocycles. The van der Waals surface area contributed by atoms with Crippen LogP contribution in [0.15, 0.2) is 30.6 Å². The monoisotopic (exact) mass is 420 g/mol. The first-order chi connectivity index (χ1) is 12.2. The maximum absolute atomic E-state index is 11.2. The number of ether oxygens (including phenoxy) is 2. The lowest BCUT2D eigenvalue weighted by molar-refractivity contribution is -0.179. The summed E-state index contributed by atoms with van der Waals surface area (Å²) in [6, 6.07) is 5.02. The molecule has 1 aliphatic rings. The van der Waals surface area contributed by atoms with E-state index in [0.29, 0.717) is 15.6 Å². The van der Waals surface area contributed by atoms with E-state index in [2.05, 4.69) is 4.98 Å². The van der Waals surface area contributed by atoms with E-state index in [0.717, 1.165) is 12.1 Å². The fraction of sp³-hybridized carbons (Fsp3) is 0.438. The Labute approximate surface area is 161 Å². The van der Waals surface area contributed by atoms with E-state index in [-0.39, 0.29) is 19.6 Å². The second kappa shape index (κ2) is 7.46. The van der Waals surface area contributed by atoms with Gasteiger partial charge in [0.2, 0.25) is 5.79 Å². The molecule has 10 heteroatoms. The minimum Gasteiger partial charge on any atom is -0.343 e. The second-order valence-electron chi connectivity index (χ2n) is 6.05. The van der Waals surface area contributed by atoms with E-state index in [1.54, 1.807) is 24.4 Å². The maximum Gasteiger partial charge on any atom is 0.264 e. The first-order valence-electron chi connectivity index (χ1n) is 7.76. The molecule has 0 radical (unpaired) electrons. The van der Waals surface area contributed by atoms with Gasteiger partial charge in [-0.3, -0.25) is 4.18 Å². The number of imidazole rings is 1. The van der Waals surface area contributed by atoms with Crippen molar-refractivity contribution in [1.82, 2.24) is 9.55 Å². The smallest absolute Gasteiger partial charge is 0.264 e. The van der Waals surface area contributed by atoms with Crippen LogP contribution in [-0.4, -0.2) is 43.5 Å². The predicted molar refractivity (Wildman–Crippen MR) is 96.7 cm³/mol. The third kappa shape index (κ3) is 4.39. The Morgan fingerprint density at radius 2 is 2.19 bits per heavy atom. The average Bonchev–Trinajstić information content (AvgIpc) is 3.13. The number of aromatic nitrogens is 2. The molecule has 26 heavy (non-hydrogen) atoms. The Bertz CT molecular complexity index is 902. The van der Waals surface area contributed by atoms with Gasteiger partial charge in [0.25, 0.3) is 10.1 Å². The number of rotatable bonds is 6. The number of aryl methyl sites for hydroxylation is 1. The van der Waals surface area contributed by atoms with Crippen LogP contribution in [0.25, 0.3) is 0 Å². The molecule has 142 valence electrons. The molecular formula is C16H18Cl2N2O5S. The zero-order valence-electron chi connectivity index (χ0n) is 14.2. The molecule has 0 aliphatic carbocycles. The lowest BCUT2D eigenvalue weighted by Gasteiger charge is -2.29. The Kier molecular flexibility index (Phi) is 5.62. The van der Waals surface area contributed by atoms with Gasteiger partial charge in [0, 0.05) is 30.0 Å². The van der Waals surface area contributed by atoms with Crippen molar-refractivity contribution in [2.75, 3.05) is 19.5 Å². The standard InChI is InChI=1S/C16H18Cl2N2O5S/c1-20-6-5-19-15(20)8-16(13-4-3-11(17)7-14(13)18)23-9-12(25-16)10-24-26(2,21)22/h3-7,12H,8-10H2,1-2H3/t12-,16+/m1/s1. The largest absolute Gasteiger partial charge is 0.343 e. The van der Waals surface area contributed by atoms with Crippen LogP contribution in [0.2, 0.25) is 10.0 Å². The second-order valence-corrected chi connectivity index (χ2v) is 8.54. The molecule has 0 unspecified atom stereocenters. The first-order valence-corrected chi connectivity index (χ1v) is 10.3. The molecule has 1 aliphatic heterocycles. The molecule has 1 fully saturated rings. The molecule has 0 saturated carbocycles. The Hall–Kier alpha value is -1.16. The quantitative estimate of drug-likeness (QED) is 0.667. The van der Waals surface area contributed by atoms with Crippen LogP contribution in [-0.2, 0) is 43.0 Å². The van der Waals surface area contributed by atoms with E-state index in [1.165, 1.54) is 0 Å². The molecule has 1 saturated heterocycles. The summed E-state index contributed by atoms with van der Waals surface area (Å²) in [6.45, 7) is 0.00521. The Morgan fingerprint density at radius 3 is 2.81 bits per heavy atom. The number of nitrogens with zero attached hydrogens (tertiary/aromatic N) is 2. The summed E-state index contributed by atoms with van der Waals surface area (Å²) in [7, 11) is -1.72. The van der Waals surface area contributed by atoms with Crippen LogP contribution < -0.4 is 0 Å². The van der Waals surface area contributed by atoms with Crippen LogP contribution in [0.5, 0.6) is 0 Å². The fourth-order valence-corrected chi connectivity index (χ4v) is 3.70. The van der Waals surface area contributed by atoms with Gasteiger partial charge in [0.05, 0.1) is 30.9 Å². The van der Waals surface area contributed by atoms with Crippen LogP contribution in [0.1, 0.15) is 11.4 Å². The molecule has 0 bridgehead atoms. The molecule has 2 heterocycles. The normalized spacial score (nSPS) is 23.5. The Morgan fingerprint density at radius 1 is 1.42 bits per heavy atom. The van der Waals surface area contributed by atoms with Crippen LogP contribution in [0.4, 0.5) is 0 Å². The molecule has 1 aromatic carbocycles. The number of hydrogen-bond acceptors (Lipinski definition) is 6. The van der Waals surface area contributed by atoms with Crippen molar-refractivity contribution in [2.45, 2.75) is 18.3 Å². The fourth-order valence-electron chi connectivity index (χ4n) is 2.75. The van der Waals surface area contributed by atoms with E-state index < -0.39 is 22.0 Å². The summed E-state index contributed by atoms with van der Waals surface area (Å²) < 4.78 is 41.2. The van der Waals surface area contributed by atoms with E-state index >= 15 is 0 Å². The SMILES string of the molecule is Cn1ccnc1C[C@]1(c2ccc(Cl)cc2Cl)OC[C@H](COS(C)(=O)=O)O1. The minimum atomic E-state index is -3.58. The highest BCUT2D eigenvalue weighted by molar-refractivity contribution is 7.85. The van der Waals surface area contributed by atoms with Gasteiger partial charge in [-0.1, -0.05) is 29.3 Å². The molecular weight excluding hydrogens is 403 g/mol. The lowest BCUT2D eigenvalue weighted by atomic mass is 10.0. The van der Waals surface area contributed by atoms with Crippen molar-refractivity contribution in [2.24, 2.45) is 7.05 Å². The van der Waals surface area contributed by atoms with Crippen molar-refractivity contribution in [3.63, 3.8) is 0 Å². The van der Waals surface area contributed by atoms with E-state index in [4.69, 9.17) is 36.9 Å². The van der Waals surface area contributed by atoms with Crippen molar-refractivity contribution < 1.29 is 22.1 Å². The Balaban J connectivity index is 1.91. The lowest BCUT2D eigenvalue weighted by Crippen LogP contribution is -2.33. The van der Waals surface area contributed by atoms with Gasteiger partial charge in [0.15, 0.2) is 0 Å². The summed E-state index contributed by atoms with van der Waals surface area (Å²) in [5.41, 5.74) is 0.591. The summed E-state index contributed by atoms with van der Waals surface area (Å²) in [6.07, 6.45) is 4.18. The minimum absolute atomic E-state index is 0.146. The van der Waals surface area contributed by atoms with Gasteiger partial charge < -0.3 is 14.0 Å². The zero-order valence-corrected chi connectivity index (χ0v) is 16.5. The maximum atomic E-state index is 11.2. The van der Waals surface area contributed by atoms with E-state index in [9.17, 15) is 8.42 Å². The molecule has 0 spiro atoms. The topological polar surface area (TPSA) is 79.7 Å². The van der Waals surface area contributed by atoms with Crippen LogP contribution in [0.3, 0.4) is 0 Å². The molecule has 7 nitrogen and oxygen atoms in total. The number of halogens is 2. The third-order valence-corrected chi connectivity index (χ3v) is 5.09. The molecule has 2 atom stereocenters. The van der Waals surface area contributed by atoms with Gasteiger partial charge in [-0.2, -0.15) is 8.42 Å². The van der Waals surface area contributed by atoms with Crippen molar-refractivity contribution in [1.29, 1.82) is 0 Å². The van der Waals surface area contributed by atoms with Gasteiger partial charge in [-0.15, -0.1) is 0 Å². The average molecular weight is 421 g/mol.